The van der Waals surface area contributed by atoms with Crippen molar-refractivity contribution in [2.45, 2.75) is 6.54 Å². The summed E-state index contributed by atoms with van der Waals surface area (Å²) < 4.78 is 0. The van der Waals surface area contributed by atoms with Gasteiger partial charge in [-0.2, -0.15) is 0 Å². The van der Waals surface area contributed by atoms with Gasteiger partial charge in [0, 0.05) is 19.7 Å². The maximum Gasteiger partial charge on any atom is 0.328 e. The molecule has 1 heterocycles. The first-order chi connectivity index (χ1) is 9.97. The van der Waals surface area contributed by atoms with E-state index >= 15 is 0 Å². The van der Waals surface area contributed by atoms with Crippen molar-refractivity contribution in [2.75, 3.05) is 20.1 Å². The number of hydrogen-bond acceptors (Lipinski definition) is 3. The first-order valence-electron chi connectivity index (χ1n) is 6.48. The van der Waals surface area contributed by atoms with E-state index in [1.807, 2.05) is 12.1 Å². The van der Waals surface area contributed by atoms with Gasteiger partial charge < -0.3 is 14.9 Å². The fourth-order valence-electron chi connectivity index (χ4n) is 2.11. The zero-order valence-electron chi connectivity index (χ0n) is 11.7. The highest BCUT2D eigenvalue weighted by Gasteiger charge is 2.27. The summed E-state index contributed by atoms with van der Waals surface area (Å²) in [7, 11) is 1.60. The van der Waals surface area contributed by atoms with Gasteiger partial charge in [-0.1, -0.05) is 24.3 Å². The molecule has 21 heavy (non-hydrogen) atoms. The van der Waals surface area contributed by atoms with Gasteiger partial charge in [0.15, 0.2) is 0 Å². The molecule has 2 rings (SSSR count). The summed E-state index contributed by atoms with van der Waals surface area (Å²) in [6, 6.07) is 7.20. The minimum atomic E-state index is -1.03. The second-order valence-corrected chi connectivity index (χ2v) is 4.87. The monoisotopic (exact) mass is 288 g/mol. The predicted octanol–water partition coefficient (Wildman–Crippen LogP) is 0.585. The number of carboxylic acid groups (broad SMARTS) is 1. The van der Waals surface area contributed by atoms with Crippen molar-refractivity contribution in [3.05, 3.63) is 41.5 Å². The van der Waals surface area contributed by atoms with Crippen LogP contribution in [0, 0.1) is 0 Å². The van der Waals surface area contributed by atoms with Gasteiger partial charge in [0.2, 0.25) is 11.8 Å². The Bertz CT molecular complexity index is 609. The van der Waals surface area contributed by atoms with E-state index in [9.17, 15) is 14.4 Å². The Balaban J connectivity index is 2.18. The van der Waals surface area contributed by atoms with E-state index in [2.05, 4.69) is 0 Å². The average Bonchev–Trinajstić information content (AvgIpc) is 2.43. The Hall–Kier alpha value is -2.63. The lowest BCUT2D eigenvalue weighted by Gasteiger charge is -2.32. The van der Waals surface area contributed by atoms with Gasteiger partial charge in [0.25, 0.3) is 0 Å². The molecular formula is C15H16N2O4. The topological polar surface area (TPSA) is 77.9 Å². The number of hydrogen-bond donors (Lipinski definition) is 1. The number of aliphatic carboxylic acids is 1. The van der Waals surface area contributed by atoms with Gasteiger partial charge in [0.05, 0.1) is 6.54 Å². The number of benzene rings is 1. The van der Waals surface area contributed by atoms with Crippen molar-refractivity contribution >= 4 is 23.9 Å². The Morgan fingerprint density at radius 3 is 2.67 bits per heavy atom. The third-order valence-electron chi connectivity index (χ3n) is 3.30. The number of rotatable bonds is 4. The average molecular weight is 288 g/mol. The van der Waals surface area contributed by atoms with Crippen molar-refractivity contribution < 1.29 is 19.5 Å². The zero-order valence-corrected chi connectivity index (χ0v) is 11.7. The Kier molecular flexibility index (Phi) is 4.37. The number of carboxylic acids is 1. The Morgan fingerprint density at radius 1 is 1.24 bits per heavy atom. The zero-order chi connectivity index (χ0) is 15.4. The molecule has 1 N–H and O–H groups in total. The summed E-state index contributed by atoms with van der Waals surface area (Å²) in [4.78, 5) is 37.1. The minimum absolute atomic E-state index is 0.0479. The molecule has 1 aromatic rings. The smallest absolute Gasteiger partial charge is 0.328 e. The fraction of sp³-hybridized carbons (Fsp3) is 0.267. The molecule has 110 valence electrons. The van der Waals surface area contributed by atoms with Crippen molar-refractivity contribution in [1.29, 1.82) is 0 Å². The fourth-order valence-corrected chi connectivity index (χ4v) is 2.11. The number of likely N-dealkylation sites (N-methyl/N-ethyl adjacent to an activating group) is 1. The molecule has 1 aliphatic rings. The third-order valence-corrected chi connectivity index (χ3v) is 3.30. The molecule has 1 aromatic carbocycles. The maximum atomic E-state index is 12.0. The van der Waals surface area contributed by atoms with Gasteiger partial charge in [-0.15, -0.1) is 0 Å². The van der Waals surface area contributed by atoms with Gasteiger partial charge in [-0.05, 0) is 17.2 Å². The van der Waals surface area contributed by atoms with E-state index < -0.39 is 5.97 Å². The van der Waals surface area contributed by atoms with Crippen LogP contribution in [0.2, 0.25) is 0 Å². The minimum Gasteiger partial charge on any atom is -0.478 e. The maximum absolute atomic E-state index is 12.0. The molecule has 0 aromatic heterocycles. The largest absolute Gasteiger partial charge is 0.478 e. The summed E-state index contributed by atoms with van der Waals surface area (Å²) in [5.41, 5.74) is 1.53. The molecule has 2 amide bonds. The van der Waals surface area contributed by atoms with E-state index in [0.717, 1.165) is 17.2 Å². The van der Waals surface area contributed by atoms with Crippen molar-refractivity contribution in [1.82, 2.24) is 9.80 Å². The molecule has 6 heteroatoms. The summed E-state index contributed by atoms with van der Waals surface area (Å²) in [6.07, 6.45) is 2.54. The lowest BCUT2D eigenvalue weighted by Crippen LogP contribution is -2.51. The summed E-state index contributed by atoms with van der Waals surface area (Å²) in [5.74, 6) is -1.25. The number of piperazine rings is 1. The summed E-state index contributed by atoms with van der Waals surface area (Å²) in [6.45, 7) is 0.414. The van der Waals surface area contributed by atoms with Gasteiger partial charge in [-0.3, -0.25) is 9.59 Å². The summed E-state index contributed by atoms with van der Waals surface area (Å²) >= 11 is 0. The number of carbonyl (C=O) groups excluding carboxylic acids is 2. The van der Waals surface area contributed by atoms with Crippen LogP contribution < -0.4 is 0 Å². The second kappa shape index (κ2) is 6.21. The molecule has 0 radical (unpaired) electrons. The molecule has 1 saturated heterocycles. The van der Waals surface area contributed by atoms with Crippen LogP contribution in [-0.4, -0.2) is 52.8 Å². The first kappa shape index (κ1) is 14.8. The molecule has 0 bridgehead atoms. The molecule has 0 unspecified atom stereocenters. The van der Waals surface area contributed by atoms with Crippen molar-refractivity contribution in [3.8, 4) is 0 Å². The lowest BCUT2D eigenvalue weighted by molar-refractivity contribution is -0.149. The highest BCUT2D eigenvalue weighted by atomic mass is 16.4. The van der Waals surface area contributed by atoms with Crippen LogP contribution in [0.3, 0.4) is 0 Å². The predicted molar refractivity (Wildman–Crippen MR) is 76.2 cm³/mol. The molecule has 0 spiro atoms. The first-order valence-corrected chi connectivity index (χ1v) is 6.48. The van der Waals surface area contributed by atoms with E-state index in [1.54, 1.807) is 19.2 Å². The second-order valence-electron chi connectivity index (χ2n) is 4.87. The molecule has 1 fully saturated rings. The molecule has 0 atom stereocenters. The number of amides is 2. The van der Waals surface area contributed by atoms with Crippen LogP contribution in [0.1, 0.15) is 11.1 Å². The van der Waals surface area contributed by atoms with E-state index in [-0.39, 0.29) is 24.9 Å². The normalized spacial score (nSPS) is 15.9. The Labute approximate surface area is 122 Å². The van der Waals surface area contributed by atoms with Crippen LogP contribution in [-0.2, 0) is 20.9 Å². The third kappa shape index (κ3) is 3.68. The molecule has 1 aliphatic heterocycles. The highest BCUT2D eigenvalue weighted by Crippen LogP contribution is 2.15. The van der Waals surface area contributed by atoms with Crippen molar-refractivity contribution in [3.63, 3.8) is 0 Å². The van der Waals surface area contributed by atoms with Gasteiger partial charge >= 0.3 is 5.97 Å². The number of nitrogens with zero attached hydrogens (tertiary/aromatic N) is 2. The van der Waals surface area contributed by atoms with E-state index in [0.29, 0.717) is 6.54 Å². The highest BCUT2D eigenvalue weighted by molar-refractivity contribution is 5.92. The SMILES string of the molecule is CN1CC(=O)N(Cc2ccccc2/C=C/C(=O)O)CC1=O. The van der Waals surface area contributed by atoms with Crippen LogP contribution in [0.4, 0.5) is 0 Å². The van der Waals surface area contributed by atoms with Gasteiger partial charge in [-0.25, -0.2) is 4.79 Å². The van der Waals surface area contributed by atoms with Crippen LogP contribution in [0.25, 0.3) is 6.08 Å². The molecular weight excluding hydrogens is 272 g/mol. The van der Waals surface area contributed by atoms with Crippen LogP contribution >= 0.6 is 0 Å². The van der Waals surface area contributed by atoms with Crippen LogP contribution in [0.15, 0.2) is 30.3 Å². The number of carbonyl (C=O) groups is 3. The van der Waals surface area contributed by atoms with Gasteiger partial charge in [0.1, 0.15) is 6.54 Å². The lowest BCUT2D eigenvalue weighted by atomic mass is 10.1. The summed E-state index contributed by atoms with van der Waals surface area (Å²) in [5, 5.41) is 8.69. The quantitative estimate of drug-likeness (QED) is 0.822. The van der Waals surface area contributed by atoms with E-state index in [4.69, 9.17) is 5.11 Å². The molecule has 6 nitrogen and oxygen atoms in total. The van der Waals surface area contributed by atoms with E-state index in [1.165, 1.54) is 15.9 Å². The standard InChI is InChI=1S/C15H16N2O4/c1-16-9-14(19)17(10-13(16)18)8-12-5-3-2-4-11(12)6-7-15(20)21/h2-7H,8-10H2,1H3,(H,20,21)/b7-6+. The molecule has 0 aliphatic carbocycles. The van der Waals surface area contributed by atoms with Crippen molar-refractivity contribution in [2.24, 2.45) is 0 Å². The molecule has 0 saturated carbocycles. The Morgan fingerprint density at radius 2 is 1.95 bits per heavy atom. The van der Waals surface area contributed by atoms with Crippen LogP contribution in [0.5, 0.6) is 0 Å².